The van der Waals surface area contributed by atoms with E-state index in [0.717, 1.165) is 11.1 Å². The molecule has 7 nitrogen and oxygen atoms in total. The number of nitrogens with zero attached hydrogens (tertiary/aromatic N) is 3. The van der Waals surface area contributed by atoms with E-state index in [1.807, 2.05) is 13.8 Å². The summed E-state index contributed by atoms with van der Waals surface area (Å²) in [5, 5.41) is 18.4. The average molecular weight is 424 g/mol. The molecule has 1 amide bonds. The van der Waals surface area contributed by atoms with Crippen molar-refractivity contribution in [1.29, 1.82) is 0 Å². The van der Waals surface area contributed by atoms with E-state index in [4.69, 9.17) is 0 Å². The molecule has 2 aromatic carbocycles. The molecule has 31 heavy (non-hydrogen) atoms. The zero-order valence-corrected chi connectivity index (χ0v) is 17.9. The molecular formula is C23H25FN4O3. The first kappa shape index (κ1) is 22.1. The van der Waals surface area contributed by atoms with Gasteiger partial charge in [-0.25, -0.2) is 4.39 Å². The van der Waals surface area contributed by atoms with Crippen molar-refractivity contribution in [3.05, 3.63) is 92.5 Å². The highest BCUT2D eigenvalue weighted by atomic mass is 19.1. The van der Waals surface area contributed by atoms with E-state index in [0.29, 0.717) is 23.5 Å². The van der Waals surface area contributed by atoms with Gasteiger partial charge in [-0.3, -0.25) is 19.6 Å². The topological polar surface area (TPSA) is 90.1 Å². The summed E-state index contributed by atoms with van der Waals surface area (Å²) in [7, 11) is 0. The summed E-state index contributed by atoms with van der Waals surface area (Å²) in [6.45, 7) is 7.63. The van der Waals surface area contributed by atoms with Crippen LogP contribution in [0.1, 0.15) is 52.8 Å². The Labute approximate surface area is 180 Å². The molecule has 1 unspecified atom stereocenters. The Bertz CT molecular complexity index is 1090. The highest BCUT2D eigenvalue weighted by molar-refractivity contribution is 5.94. The van der Waals surface area contributed by atoms with Gasteiger partial charge in [0.2, 0.25) is 0 Å². The third-order valence-electron chi connectivity index (χ3n) is 5.26. The van der Waals surface area contributed by atoms with Crippen LogP contribution in [0.2, 0.25) is 0 Å². The predicted molar refractivity (Wildman–Crippen MR) is 115 cm³/mol. The lowest BCUT2D eigenvalue weighted by Gasteiger charge is -2.23. The number of halogens is 1. The van der Waals surface area contributed by atoms with E-state index in [9.17, 15) is 19.3 Å². The second-order valence-corrected chi connectivity index (χ2v) is 7.88. The molecule has 0 bridgehead atoms. The summed E-state index contributed by atoms with van der Waals surface area (Å²) in [5.41, 5.74) is 3.10. The van der Waals surface area contributed by atoms with E-state index in [1.165, 1.54) is 12.1 Å². The number of hydrogen-bond donors (Lipinski definition) is 1. The van der Waals surface area contributed by atoms with Crippen molar-refractivity contribution in [2.75, 3.05) is 0 Å². The highest BCUT2D eigenvalue weighted by Crippen LogP contribution is 2.24. The normalized spacial score (nSPS) is 12.1. The SMILES string of the molecule is Cc1nn(Cc2ccc(C(=O)NC(c3ccc(F)cc3)C(C)C)cc2)c(C)c1[N+](=O)[O-]. The summed E-state index contributed by atoms with van der Waals surface area (Å²) in [4.78, 5) is 23.5. The lowest BCUT2D eigenvalue weighted by Crippen LogP contribution is -2.31. The number of nitro groups is 1. The molecule has 0 aliphatic heterocycles. The van der Waals surface area contributed by atoms with E-state index in [-0.39, 0.29) is 29.4 Å². The number of hydrogen-bond acceptors (Lipinski definition) is 4. The predicted octanol–water partition coefficient (Wildman–Crippen LogP) is 4.72. The minimum Gasteiger partial charge on any atom is -0.345 e. The van der Waals surface area contributed by atoms with E-state index >= 15 is 0 Å². The summed E-state index contributed by atoms with van der Waals surface area (Å²) in [6, 6.07) is 12.9. The van der Waals surface area contributed by atoms with Crippen molar-refractivity contribution in [3.63, 3.8) is 0 Å². The van der Waals surface area contributed by atoms with Crippen LogP contribution in [0, 0.1) is 35.7 Å². The number of carbonyl (C=O) groups is 1. The van der Waals surface area contributed by atoms with Gasteiger partial charge in [0.05, 0.1) is 17.5 Å². The number of aryl methyl sites for hydroxylation is 1. The van der Waals surface area contributed by atoms with Gasteiger partial charge in [0.15, 0.2) is 0 Å². The molecule has 0 saturated heterocycles. The average Bonchev–Trinajstić information content (AvgIpc) is 3.00. The standard InChI is InChI=1S/C23H25FN4O3/c1-14(2)21(18-9-11-20(24)12-10-18)25-23(29)19-7-5-17(6-8-19)13-27-16(4)22(28(30)31)15(3)26-27/h5-12,14,21H,13H2,1-4H3,(H,25,29). The zero-order chi connectivity index (χ0) is 22.7. The number of carbonyl (C=O) groups excluding carboxylic acids is 1. The van der Waals surface area contributed by atoms with Crippen molar-refractivity contribution in [3.8, 4) is 0 Å². The maximum atomic E-state index is 13.2. The maximum absolute atomic E-state index is 13.2. The molecule has 0 radical (unpaired) electrons. The molecule has 0 saturated carbocycles. The van der Waals surface area contributed by atoms with Crippen LogP contribution < -0.4 is 5.32 Å². The van der Waals surface area contributed by atoms with Crippen LogP contribution in [-0.2, 0) is 6.54 Å². The Balaban J connectivity index is 1.73. The maximum Gasteiger partial charge on any atom is 0.312 e. The molecule has 0 aliphatic rings. The molecule has 3 rings (SSSR count). The second kappa shape index (κ2) is 9.07. The Hall–Kier alpha value is -3.55. The molecule has 3 aromatic rings. The van der Waals surface area contributed by atoms with Crippen LogP contribution in [0.5, 0.6) is 0 Å². The van der Waals surface area contributed by atoms with Crippen LogP contribution in [0.3, 0.4) is 0 Å². The fraction of sp³-hybridized carbons (Fsp3) is 0.304. The summed E-state index contributed by atoms with van der Waals surface area (Å²) in [6.07, 6.45) is 0. The first-order chi connectivity index (χ1) is 14.7. The third-order valence-corrected chi connectivity index (χ3v) is 5.26. The van der Waals surface area contributed by atoms with Crippen molar-refractivity contribution in [1.82, 2.24) is 15.1 Å². The van der Waals surface area contributed by atoms with Gasteiger partial charge in [-0.05, 0) is 55.2 Å². The minimum atomic E-state index is -0.423. The van der Waals surface area contributed by atoms with Crippen LogP contribution in [-0.4, -0.2) is 20.6 Å². The number of rotatable bonds is 7. The van der Waals surface area contributed by atoms with E-state index < -0.39 is 4.92 Å². The highest BCUT2D eigenvalue weighted by Gasteiger charge is 2.22. The quantitative estimate of drug-likeness (QED) is 0.439. The molecule has 1 aromatic heterocycles. The van der Waals surface area contributed by atoms with Gasteiger partial charge >= 0.3 is 5.69 Å². The smallest absolute Gasteiger partial charge is 0.312 e. The lowest BCUT2D eigenvalue weighted by molar-refractivity contribution is -0.386. The molecule has 1 heterocycles. The number of nitrogens with one attached hydrogen (secondary N) is 1. The Morgan fingerprint density at radius 3 is 2.26 bits per heavy atom. The largest absolute Gasteiger partial charge is 0.345 e. The first-order valence-electron chi connectivity index (χ1n) is 10.0. The Morgan fingerprint density at radius 1 is 1.13 bits per heavy atom. The lowest BCUT2D eigenvalue weighted by atomic mass is 9.95. The molecule has 0 spiro atoms. The fourth-order valence-electron chi connectivity index (χ4n) is 3.57. The monoisotopic (exact) mass is 424 g/mol. The summed E-state index contributed by atoms with van der Waals surface area (Å²) in [5.74, 6) is -0.423. The molecule has 0 aliphatic carbocycles. The van der Waals surface area contributed by atoms with Crippen LogP contribution >= 0.6 is 0 Å². The Morgan fingerprint density at radius 2 is 1.74 bits per heavy atom. The summed E-state index contributed by atoms with van der Waals surface area (Å²) < 4.78 is 14.8. The van der Waals surface area contributed by atoms with Gasteiger partial charge in [0.1, 0.15) is 17.2 Å². The third kappa shape index (κ3) is 4.96. The molecule has 1 atom stereocenters. The van der Waals surface area contributed by atoms with Crippen LogP contribution in [0.4, 0.5) is 10.1 Å². The Kier molecular flexibility index (Phi) is 6.48. The molecule has 0 fully saturated rings. The first-order valence-corrected chi connectivity index (χ1v) is 10.0. The van der Waals surface area contributed by atoms with Crippen LogP contribution in [0.15, 0.2) is 48.5 Å². The molecular weight excluding hydrogens is 399 g/mol. The number of aromatic nitrogens is 2. The van der Waals surface area contributed by atoms with Gasteiger partial charge in [-0.2, -0.15) is 5.10 Å². The van der Waals surface area contributed by atoms with E-state index in [2.05, 4.69) is 10.4 Å². The van der Waals surface area contributed by atoms with Gasteiger partial charge in [0, 0.05) is 5.56 Å². The van der Waals surface area contributed by atoms with E-state index in [1.54, 1.807) is 54.9 Å². The fourth-order valence-corrected chi connectivity index (χ4v) is 3.57. The zero-order valence-electron chi connectivity index (χ0n) is 17.9. The molecule has 8 heteroatoms. The molecule has 1 N–H and O–H groups in total. The minimum absolute atomic E-state index is 0.0246. The van der Waals surface area contributed by atoms with Crippen molar-refractivity contribution < 1.29 is 14.1 Å². The number of amides is 1. The van der Waals surface area contributed by atoms with Gasteiger partial charge < -0.3 is 5.32 Å². The van der Waals surface area contributed by atoms with Crippen molar-refractivity contribution in [2.45, 2.75) is 40.3 Å². The van der Waals surface area contributed by atoms with Gasteiger partial charge in [-0.1, -0.05) is 38.1 Å². The van der Waals surface area contributed by atoms with Gasteiger partial charge in [0.25, 0.3) is 5.91 Å². The van der Waals surface area contributed by atoms with Crippen LogP contribution in [0.25, 0.3) is 0 Å². The van der Waals surface area contributed by atoms with Gasteiger partial charge in [-0.15, -0.1) is 0 Å². The van der Waals surface area contributed by atoms with Crippen molar-refractivity contribution >= 4 is 11.6 Å². The number of benzene rings is 2. The summed E-state index contributed by atoms with van der Waals surface area (Å²) >= 11 is 0. The molecule has 162 valence electrons. The second-order valence-electron chi connectivity index (χ2n) is 7.88. The van der Waals surface area contributed by atoms with Crippen molar-refractivity contribution in [2.24, 2.45) is 5.92 Å².